The first kappa shape index (κ1) is 19.1. The van der Waals surface area contributed by atoms with Gasteiger partial charge in [0.25, 0.3) is 0 Å². The van der Waals surface area contributed by atoms with Gasteiger partial charge >= 0.3 is 6.03 Å². The molecule has 0 unspecified atom stereocenters. The van der Waals surface area contributed by atoms with E-state index >= 15 is 0 Å². The third kappa shape index (κ3) is 5.92. The second-order valence-electron chi connectivity index (χ2n) is 6.73. The molecule has 2 N–H and O–H groups in total. The number of rotatable bonds is 7. The molecule has 0 spiro atoms. The number of anilines is 1. The van der Waals surface area contributed by atoms with E-state index in [1.165, 1.54) is 0 Å². The first-order chi connectivity index (χ1) is 13.2. The predicted molar refractivity (Wildman–Crippen MR) is 104 cm³/mol. The molecule has 7 nitrogen and oxygen atoms in total. The van der Waals surface area contributed by atoms with Crippen molar-refractivity contribution in [2.45, 2.75) is 32.5 Å². The van der Waals surface area contributed by atoms with Crippen molar-refractivity contribution >= 4 is 11.7 Å². The molecule has 1 saturated heterocycles. The van der Waals surface area contributed by atoms with Crippen molar-refractivity contribution in [2.75, 3.05) is 31.5 Å². The summed E-state index contributed by atoms with van der Waals surface area (Å²) in [4.78, 5) is 22.4. The normalized spacial score (nSPS) is 16.8. The van der Waals surface area contributed by atoms with Gasteiger partial charge in [-0.2, -0.15) is 0 Å². The Balaban J connectivity index is 1.37. The molecule has 0 radical (unpaired) electrons. The van der Waals surface area contributed by atoms with Crippen LogP contribution in [-0.2, 0) is 11.3 Å². The highest BCUT2D eigenvalue weighted by atomic mass is 16.5. The topological polar surface area (TPSA) is 79.4 Å². The van der Waals surface area contributed by atoms with Crippen molar-refractivity contribution in [3.05, 3.63) is 54.1 Å². The van der Waals surface area contributed by atoms with Crippen LogP contribution in [0.5, 0.6) is 0 Å². The number of hydrogen-bond donors (Lipinski definition) is 2. The Morgan fingerprint density at radius 1 is 1.26 bits per heavy atom. The van der Waals surface area contributed by atoms with E-state index in [0.717, 1.165) is 36.2 Å². The van der Waals surface area contributed by atoms with Gasteiger partial charge in [-0.15, -0.1) is 0 Å². The molecule has 1 atom stereocenters. The zero-order valence-corrected chi connectivity index (χ0v) is 15.7. The van der Waals surface area contributed by atoms with Crippen LogP contribution in [0.15, 0.2) is 43.0 Å². The van der Waals surface area contributed by atoms with Crippen LogP contribution in [0, 0.1) is 6.92 Å². The number of hydrogen-bond acceptors (Lipinski definition) is 5. The Morgan fingerprint density at radius 2 is 2.15 bits per heavy atom. The summed E-state index contributed by atoms with van der Waals surface area (Å²) in [5.41, 5.74) is 3.19. The molecule has 0 bridgehead atoms. The summed E-state index contributed by atoms with van der Waals surface area (Å²) in [6, 6.07) is 5.81. The molecule has 2 aromatic rings. The molecular formula is C20H27N5O2. The Kier molecular flexibility index (Phi) is 6.98. The van der Waals surface area contributed by atoms with Gasteiger partial charge in [0.2, 0.25) is 0 Å². The minimum Gasteiger partial charge on any atom is -0.383 e. The summed E-state index contributed by atoms with van der Waals surface area (Å²) < 4.78 is 5.97. The molecule has 7 heteroatoms. The summed E-state index contributed by atoms with van der Waals surface area (Å²) in [5.74, 6) is 0. The fourth-order valence-electron chi connectivity index (χ4n) is 3.11. The van der Waals surface area contributed by atoms with Gasteiger partial charge in [-0.25, -0.2) is 4.79 Å². The monoisotopic (exact) mass is 369 g/mol. The van der Waals surface area contributed by atoms with E-state index in [1.54, 1.807) is 12.4 Å². The van der Waals surface area contributed by atoms with Crippen molar-refractivity contribution in [1.29, 1.82) is 0 Å². The zero-order valence-electron chi connectivity index (χ0n) is 15.7. The lowest BCUT2D eigenvalue weighted by atomic mass is 10.1. The van der Waals surface area contributed by atoms with E-state index < -0.39 is 0 Å². The molecule has 0 aromatic carbocycles. The maximum atomic E-state index is 12.4. The summed E-state index contributed by atoms with van der Waals surface area (Å²) in [6.45, 7) is 5.18. The van der Waals surface area contributed by atoms with Crippen molar-refractivity contribution < 1.29 is 9.53 Å². The van der Waals surface area contributed by atoms with Crippen LogP contribution in [-0.4, -0.2) is 53.2 Å². The van der Waals surface area contributed by atoms with Crippen LogP contribution < -0.4 is 10.6 Å². The Morgan fingerprint density at radius 3 is 2.96 bits per heavy atom. The van der Waals surface area contributed by atoms with Gasteiger partial charge in [0.15, 0.2) is 0 Å². The molecule has 1 aliphatic heterocycles. The molecule has 2 amide bonds. The standard InChI is InChI=1S/C20H27N5O2/c1-16-12-22-8-6-19(16)23-9-10-24-20(26)25-11-3-5-18(14-25)27-15-17-4-2-7-21-13-17/h2,4,6-8,12-13,18H,3,5,9-11,14-15H2,1H3,(H,22,23)(H,24,26)/t18-/m1/s1. The number of urea groups is 1. The number of piperidine rings is 1. The van der Waals surface area contributed by atoms with E-state index in [2.05, 4.69) is 20.6 Å². The summed E-state index contributed by atoms with van der Waals surface area (Å²) in [7, 11) is 0. The van der Waals surface area contributed by atoms with Gasteiger partial charge in [0.1, 0.15) is 0 Å². The van der Waals surface area contributed by atoms with E-state index in [9.17, 15) is 4.79 Å². The first-order valence-electron chi connectivity index (χ1n) is 9.40. The number of nitrogens with zero attached hydrogens (tertiary/aromatic N) is 3. The van der Waals surface area contributed by atoms with E-state index in [0.29, 0.717) is 26.2 Å². The maximum Gasteiger partial charge on any atom is 0.317 e. The van der Waals surface area contributed by atoms with Crippen LogP contribution >= 0.6 is 0 Å². The zero-order chi connectivity index (χ0) is 18.9. The number of nitrogens with one attached hydrogen (secondary N) is 2. The molecule has 27 heavy (non-hydrogen) atoms. The largest absolute Gasteiger partial charge is 0.383 e. The Hall–Kier alpha value is -2.67. The minimum atomic E-state index is -0.0297. The maximum absolute atomic E-state index is 12.4. The summed E-state index contributed by atoms with van der Waals surface area (Å²) >= 11 is 0. The molecule has 0 aliphatic carbocycles. The second-order valence-corrected chi connectivity index (χ2v) is 6.73. The number of carbonyl (C=O) groups is 1. The van der Waals surface area contributed by atoms with Gasteiger partial charge < -0.3 is 20.3 Å². The molecule has 3 heterocycles. The first-order valence-corrected chi connectivity index (χ1v) is 9.40. The van der Waals surface area contributed by atoms with Crippen LogP contribution in [0.1, 0.15) is 24.0 Å². The lowest BCUT2D eigenvalue weighted by Crippen LogP contribution is -2.48. The third-order valence-corrected chi connectivity index (χ3v) is 4.61. The number of ether oxygens (including phenoxy) is 1. The number of pyridine rings is 2. The minimum absolute atomic E-state index is 0.0297. The van der Waals surface area contributed by atoms with E-state index in [4.69, 9.17) is 4.74 Å². The quantitative estimate of drug-likeness (QED) is 0.734. The molecule has 3 rings (SSSR count). The number of likely N-dealkylation sites (tertiary alicyclic amines) is 1. The number of aromatic nitrogens is 2. The molecular weight excluding hydrogens is 342 g/mol. The molecule has 144 valence electrons. The fourth-order valence-corrected chi connectivity index (χ4v) is 3.11. The predicted octanol–water partition coefficient (Wildman–Crippen LogP) is 2.59. The van der Waals surface area contributed by atoms with Crippen molar-refractivity contribution in [1.82, 2.24) is 20.2 Å². The van der Waals surface area contributed by atoms with Gasteiger partial charge in [-0.05, 0) is 43.0 Å². The lowest BCUT2D eigenvalue weighted by Gasteiger charge is -2.32. The van der Waals surface area contributed by atoms with Crippen molar-refractivity contribution in [2.24, 2.45) is 0 Å². The summed E-state index contributed by atoms with van der Waals surface area (Å²) in [5, 5.41) is 6.29. The van der Waals surface area contributed by atoms with Crippen molar-refractivity contribution in [3.8, 4) is 0 Å². The molecule has 2 aromatic heterocycles. The second kappa shape index (κ2) is 9.87. The highest BCUT2D eigenvalue weighted by molar-refractivity contribution is 5.74. The van der Waals surface area contributed by atoms with Gasteiger partial charge in [0.05, 0.1) is 12.7 Å². The Labute approximate surface area is 160 Å². The average molecular weight is 369 g/mol. The SMILES string of the molecule is Cc1cnccc1NCCNC(=O)N1CCC[C@@H](OCc2cccnc2)C1. The highest BCUT2D eigenvalue weighted by Crippen LogP contribution is 2.15. The number of amides is 2. The summed E-state index contributed by atoms with van der Waals surface area (Å²) in [6.07, 6.45) is 9.15. The number of aryl methyl sites for hydroxylation is 1. The van der Waals surface area contributed by atoms with Gasteiger partial charge in [-0.1, -0.05) is 6.07 Å². The van der Waals surface area contributed by atoms with E-state index in [1.807, 2.05) is 42.4 Å². The Bertz CT molecular complexity index is 725. The molecule has 1 fully saturated rings. The van der Waals surface area contributed by atoms with Crippen LogP contribution in [0.2, 0.25) is 0 Å². The van der Waals surface area contributed by atoms with Crippen LogP contribution in [0.3, 0.4) is 0 Å². The molecule has 0 saturated carbocycles. The molecule has 1 aliphatic rings. The van der Waals surface area contributed by atoms with Crippen molar-refractivity contribution in [3.63, 3.8) is 0 Å². The van der Waals surface area contributed by atoms with Crippen LogP contribution in [0.4, 0.5) is 10.5 Å². The van der Waals surface area contributed by atoms with Crippen LogP contribution in [0.25, 0.3) is 0 Å². The number of carbonyl (C=O) groups excluding carboxylic acids is 1. The average Bonchev–Trinajstić information content (AvgIpc) is 2.72. The fraction of sp³-hybridized carbons (Fsp3) is 0.450. The van der Waals surface area contributed by atoms with Gasteiger partial charge in [0, 0.05) is 56.7 Å². The van der Waals surface area contributed by atoms with Gasteiger partial charge in [-0.3, -0.25) is 9.97 Å². The lowest BCUT2D eigenvalue weighted by molar-refractivity contribution is -0.000383. The van der Waals surface area contributed by atoms with E-state index in [-0.39, 0.29) is 12.1 Å². The third-order valence-electron chi connectivity index (χ3n) is 4.61. The highest BCUT2D eigenvalue weighted by Gasteiger charge is 2.23. The smallest absolute Gasteiger partial charge is 0.317 e.